The Hall–Kier alpha value is -1.10. The zero-order chi connectivity index (χ0) is 17.5. The lowest BCUT2D eigenvalue weighted by Gasteiger charge is -2.03. The first-order valence-electron chi connectivity index (χ1n) is 6.83. The van der Waals surface area contributed by atoms with Crippen LogP contribution < -0.4 is 21.5 Å². The van der Waals surface area contributed by atoms with Crippen LogP contribution in [0, 0.1) is 0 Å². The Kier molecular flexibility index (Phi) is 13.8. The van der Waals surface area contributed by atoms with Crippen molar-refractivity contribution in [1.82, 2.24) is 21.5 Å². The van der Waals surface area contributed by atoms with E-state index in [0.29, 0.717) is 5.11 Å². The van der Waals surface area contributed by atoms with Crippen molar-refractivity contribution in [2.45, 2.75) is 13.8 Å². The Balaban J connectivity index is 0.000000841. The summed E-state index contributed by atoms with van der Waals surface area (Å²) in [7, 11) is 1.74. The van der Waals surface area contributed by atoms with Gasteiger partial charge in [0.15, 0.2) is 5.11 Å². The Labute approximate surface area is 160 Å². The van der Waals surface area contributed by atoms with Crippen molar-refractivity contribution >= 4 is 74.2 Å². The third-order valence-electron chi connectivity index (χ3n) is 2.04. The summed E-state index contributed by atoms with van der Waals surface area (Å²) in [6, 6.07) is 3.94. The molecule has 0 aromatic carbocycles. The molecule has 0 saturated carbocycles. The normalized spacial score (nSPS) is 10.5. The van der Waals surface area contributed by atoms with Crippen molar-refractivity contribution in [2.24, 2.45) is 10.2 Å². The fourth-order valence-electron chi connectivity index (χ4n) is 1.16. The molecule has 10 heteroatoms. The van der Waals surface area contributed by atoms with E-state index in [4.69, 9.17) is 12.2 Å². The Morgan fingerprint density at radius 3 is 2.52 bits per heavy atom. The van der Waals surface area contributed by atoms with E-state index in [1.165, 1.54) is 5.49 Å². The highest BCUT2D eigenvalue weighted by atomic mass is 79.9. The molecule has 6 nitrogen and oxygen atoms in total. The lowest BCUT2D eigenvalue weighted by molar-refractivity contribution is 0.899. The van der Waals surface area contributed by atoms with Gasteiger partial charge in [0, 0.05) is 20.1 Å². The van der Waals surface area contributed by atoms with E-state index in [1.54, 1.807) is 24.6 Å². The van der Waals surface area contributed by atoms with Gasteiger partial charge in [-0.15, -0.1) is 11.3 Å². The van der Waals surface area contributed by atoms with Gasteiger partial charge in [-0.2, -0.15) is 10.2 Å². The molecule has 0 aliphatic carbocycles. The van der Waals surface area contributed by atoms with Gasteiger partial charge in [0.1, 0.15) is 5.71 Å². The highest BCUT2D eigenvalue weighted by Gasteiger charge is 2.04. The van der Waals surface area contributed by atoms with Crippen molar-refractivity contribution in [2.75, 3.05) is 20.1 Å². The summed E-state index contributed by atoms with van der Waals surface area (Å²) >= 11 is 14.4. The summed E-state index contributed by atoms with van der Waals surface area (Å²) in [4.78, 5) is 1.01. The van der Waals surface area contributed by atoms with Gasteiger partial charge in [-0.3, -0.25) is 5.43 Å². The largest absolute Gasteiger partial charge is 0.382 e. The lowest BCUT2D eigenvalue weighted by Crippen LogP contribution is -2.31. The van der Waals surface area contributed by atoms with Crippen LogP contribution in [-0.4, -0.2) is 42.7 Å². The number of thiocarbonyl (C=S) groups is 2. The second-order valence-corrected chi connectivity index (χ2v) is 6.84. The third-order valence-corrected chi connectivity index (χ3v) is 4.08. The van der Waals surface area contributed by atoms with E-state index in [0.717, 1.165) is 27.5 Å². The highest BCUT2D eigenvalue weighted by molar-refractivity contribution is 9.11. The molecule has 0 bridgehead atoms. The molecule has 0 aliphatic rings. The molecule has 0 saturated heterocycles. The monoisotopic (exact) mass is 436 g/mol. The van der Waals surface area contributed by atoms with Crippen molar-refractivity contribution in [1.29, 1.82) is 0 Å². The topological polar surface area (TPSA) is 72.8 Å². The van der Waals surface area contributed by atoms with Gasteiger partial charge in [0.25, 0.3) is 0 Å². The standard InChI is InChI=1S/C10H14BrN5S2.C3H7NS/c1-3-13-10(17)16-14-6-7(15-12-2)8-4-5-9(11)18-8;1-2-4-3-5/h4-6,12H,3H2,1-2H3,(H2,13,16,17);3H,2H2,1H3,(H,4,5)/b14-6+,15-7-;. The van der Waals surface area contributed by atoms with Gasteiger partial charge in [-0.1, -0.05) is 12.2 Å². The molecule has 0 unspecified atom stereocenters. The Bertz CT molecular complexity index is 530. The number of halogens is 1. The molecule has 0 amide bonds. The van der Waals surface area contributed by atoms with E-state index < -0.39 is 0 Å². The van der Waals surface area contributed by atoms with E-state index in [-0.39, 0.29) is 0 Å². The van der Waals surface area contributed by atoms with E-state index in [1.807, 2.05) is 26.0 Å². The van der Waals surface area contributed by atoms with Crippen LogP contribution in [0.25, 0.3) is 0 Å². The number of nitrogens with one attached hydrogen (secondary N) is 4. The summed E-state index contributed by atoms with van der Waals surface area (Å²) < 4.78 is 1.05. The summed E-state index contributed by atoms with van der Waals surface area (Å²) in [5.74, 6) is 0. The summed E-state index contributed by atoms with van der Waals surface area (Å²) in [5.41, 5.74) is 7.72. The van der Waals surface area contributed by atoms with Crippen LogP contribution in [0.3, 0.4) is 0 Å². The molecule has 0 fully saturated rings. The highest BCUT2D eigenvalue weighted by Crippen LogP contribution is 2.22. The number of rotatable bonds is 7. The zero-order valence-corrected chi connectivity index (χ0v) is 17.3. The van der Waals surface area contributed by atoms with Gasteiger partial charge in [0.05, 0.1) is 20.4 Å². The maximum atomic E-state index is 4.99. The van der Waals surface area contributed by atoms with E-state index in [2.05, 4.69) is 59.8 Å². The molecular formula is C13H21BrN6S3. The summed E-state index contributed by atoms with van der Waals surface area (Å²) in [6.07, 6.45) is 1.62. The minimum absolute atomic E-state index is 0.491. The average molecular weight is 437 g/mol. The molecule has 0 spiro atoms. The molecule has 1 heterocycles. The molecule has 1 rings (SSSR count). The van der Waals surface area contributed by atoms with Gasteiger partial charge >= 0.3 is 0 Å². The number of hydrogen-bond acceptors (Lipinski definition) is 6. The SMILES string of the molecule is CCNC(=S)N/N=C/C(=N/NC)c1ccc(Br)s1.CCNC=S. The average Bonchev–Trinajstić information content (AvgIpc) is 2.94. The first-order chi connectivity index (χ1) is 11.1. The first kappa shape index (κ1) is 21.9. The van der Waals surface area contributed by atoms with Crippen molar-refractivity contribution in [3.8, 4) is 0 Å². The minimum atomic E-state index is 0.491. The van der Waals surface area contributed by atoms with Crippen molar-refractivity contribution in [3.63, 3.8) is 0 Å². The molecule has 0 atom stereocenters. The van der Waals surface area contributed by atoms with Gasteiger partial charge in [-0.25, -0.2) is 0 Å². The molecule has 4 N–H and O–H groups in total. The van der Waals surface area contributed by atoms with Crippen molar-refractivity contribution in [3.05, 3.63) is 20.8 Å². The summed E-state index contributed by atoms with van der Waals surface area (Å²) in [6.45, 7) is 5.66. The predicted molar refractivity (Wildman–Crippen MR) is 113 cm³/mol. The minimum Gasteiger partial charge on any atom is -0.382 e. The van der Waals surface area contributed by atoms with Crippen LogP contribution in [0.15, 0.2) is 26.1 Å². The smallest absolute Gasteiger partial charge is 0.186 e. The molecule has 1 aromatic rings. The van der Waals surface area contributed by atoms with Crippen LogP contribution in [-0.2, 0) is 0 Å². The van der Waals surface area contributed by atoms with E-state index in [9.17, 15) is 0 Å². The number of hydrazone groups is 2. The molecule has 1 aromatic heterocycles. The predicted octanol–water partition coefficient (Wildman–Crippen LogP) is 2.46. The molecule has 23 heavy (non-hydrogen) atoms. The molecule has 0 aliphatic heterocycles. The molecule has 0 radical (unpaired) electrons. The fourth-order valence-corrected chi connectivity index (χ4v) is 2.86. The third kappa shape index (κ3) is 11.1. The van der Waals surface area contributed by atoms with Crippen LogP contribution in [0.4, 0.5) is 0 Å². The van der Waals surface area contributed by atoms with Crippen LogP contribution in [0.1, 0.15) is 18.7 Å². The number of thiophene rings is 1. The second kappa shape index (κ2) is 14.5. The maximum absolute atomic E-state index is 4.99. The maximum Gasteiger partial charge on any atom is 0.186 e. The van der Waals surface area contributed by atoms with Crippen LogP contribution in [0.5, 0.6) is 0 Å². The van der Waals surface area contributed by atoms with E-state index >= 15 is 0 Å². The number of hydrogen-bond donors (Lipinski definition) is 4. The molecular weight excluding hydrogens is 416 g/mol. The number of nitrogens with zero attached hydrogens (tertiary/aromatic N) is 2. The van der Waals surface area contributed by atoms with Crippen LogP contribution >= 0.6 is 51.7 Å². The molecule has 128 valence electrons. The van der Waals surface area contributed by atoms with Crippen LogP contribution in [0.2, 0.25) is 0 Å². The van der Waals surface area contributed by atoms with Gasteiger partial charge < -0.3 is 16.1 Å². The summed E-state index contributed by atoms with van der Waals surface area (Å²) in [5, 5.41) is 14.4. The van der Waals surface area contributed by atoms with Gasteiger partial charge in [-0.05, 0) is 54.1 Å². The quantitative estimate of drug-likeness (QED) is 0.299. The lowest BCUT2D eigenvalue weighted by atomic mass is 10.3. The Morgan fingerprint density at radius 2 is 2.09 bits per heavy atom. The first-order valence-corrected chi connectivity index (χ1v) is 9.31. The van der Waals surface area contributed by atoms with Gasteiger partial charge in [0.2, 0.25) is 0 Å². The van der Waals surface area contributed by atoms with Crippen molar-refractivity contribution < 1.29 is 0 Å². The fraction of sp³-hybridized carbons (Fsp3) is 0.385. The second-order valence-electron chi connectivity index (χ2n) is 3.73. The Morgan fingerprint density at radius 1 is 1.35 bits per heavy atom. The zero-order valence-electron chi connectivity index (χ0n) is 13.2.